The molecule has 158 valence electrons. The molecule has 1 amide bonds. The van der Waals surface area contributed by atoms with Crippen LogP contribution in [0.15, 0.2) is 60.0 Å². The van der Waals surface area contributed by atoms with Gasteiger partial charge in [-0.05, 0) is 30.8 Å². The van der Waals surface area contributed by atoms with E-state index < -0.39 is 0 Å². The molecular weight excluding hydrogens is 368 g/mol. The molecule has 1 N–H and O–H groups in total. The Morgan fingerprint density at radius 3 is 2.86 bits per heavy atom. The Hall–Kier alpha value is -2.57. The number of allylic oxidation sites excluding steroid dienone is 4. The SMILES string of the molecule is CCNCCN(C=O)C1=CC=C(OCCCOCc2ccccc2OC)C=CC1. The Bertz CT molecular complexity index is 713. The Morgan fingerprint density at radius 1 is 1.21 bits per heavy atom. The second kappa shape index (κ2) is 13.6. The molecule has 1 aliphatic rings. The lowest BCUT2D eigenvalue weighted by Gasteiger charge is -2.19. The average Bonchev–Trinajstić information content (AvgIpc) is 2.99. The third kappa shape index (κ3) is 8.13. The van der Waals surface area contributed by atoms with Gasteiger partial charge in [0.25, 0.3) is 0 Å². The lowest BCUT2D eigenvalue weighted by molar-refractivity contribution is -0.116. The number of para-hydroxylation sites is 1. The molecule has 0 unspecified atom stereocenters. The number of carbonyl (C=O) groups is 1. The summed E-state index contributed by atoms with van der Waals surface area (Å²) in [6.45, 7) is 6.08. The summed E-state index contributed by atoms with van der Waals surface area (Å²) >= 11 is 0. The first-order valence-corrected chi connectivity index (χ1v) is 10.1. The number of ether oxygens (including phenoxy) is 3. The van der Waals surface area contributed by atoms with Crippen molar-refractivity contribution in [2.75, 3.05) is 40.0 Å². The molecule has 0 saturated heterocycles. The summed E-state index contributed by atoms with van der Waals surface area (Å²) in [5.41, 5.74) is 2.00. The number of nitrogens with zero attached hydrogens (tertiary/aromatic N) is 1. The van der Waals surface area contributed by atoms with Crippen LogP contribution in [0.2, 0.25) is 0 Å². The normalized spacial score (nSPS) is 13.3. The largest absolute Gasteiger partial charge is 0.496 e. The van der Waals surface area contributed by atoms with Crippen molar-refractivity contribution in [2.24, 2.45) is 0 Å². The third-order valence-corrected chi connectivity index (χ3v) is 4.48. The fourth-order valence-electron chi connectivity index (χ4n) is 2.90. The molecule has 0 aromatic heterocycles. The number of amides is 1. The zero-order valence-electron chi connectivity index (χ0n) is 17.4. The Morgan fingerprint density at radius 2 is 2.07 bits per heavy atom. The summed E-state index contributed by atoms with van der Waals surface area (Å²) in [6.07, 6.45) is 10.2. The molecule has 1 aromatic rings. The highest BCUT2D eigenvalue weighted by atomic mass is 16.5. The lowest BCUT2D eigenvalue weighted by atomic mass is 10.2. The molecule has 6 nitrogen and oxygen atoms in total. The maximum atomic E-state index is 11.4. The van der Waals surface area contributed by atoms with Crippen LogP contribution in [-0.2, 0) is 20.9 Å². The van der Waals surface area contributed by atoms with Gasteiger partial charge in [-0.2, -0.15) is 0 Å². The van der Waals surface area contributed by atoms with Crippen LogP contribution in [0, 0.1) is 0 Å². The summed E-state index contributed by atoms with van der Waals surface area (Å²) < 4.78 is 16.9. The number of methoxy groups -OCH3 is 1. The summed E-state index contributed by atoms with van der Waals surface area (Å²) in [4.78, 5) is 13.1. The van der Waals surface area contributed by atoms with Gasteiger partial charge in [-0.15, -0.1) is 0 Å². The minimum atomic E-state index is 0.521. The smallest absolute Gasteiger partial charge is 0.213 e. The zero-order valence-corrected chi connectivity index (χ0v) is 17.4. The number of hydrogen-bond acceptors (Lipinski definition) is 5. The first-order valence-electron chi connectivity index (χ1n) is 10.1. The highest BCUT2D eigenvalue weighted by molar-refractivity contribution is 5.52. The molecule has 0 radical (unpaired) electrons. The number of rotatable bonds is 14. The standard InChI is InChI=1S/C23H32N2O4/c1-3-24-14-15-25(19-26)21-9-6-10-22(13-12-21)29-17-7-16-28-18-20-8-4-5-11-23(20)27-2/h4-6,8,10-13,19,24H,3,7,9,14-18H2,1-2H3. The monoisotopic (exact) mass is 400 g/mol. The van der Waals surface area contributed by atoms with Gasteiger partial charge >= 0.3 is 0 Å². The Kier molecular flexibility index (Phi) is 10.6. The van der Waals surface area contributed by atoms with Crippen LogP contribution in [0.3, 0.4) is 0 Å². The minimum Gasteiger partial charge on any atom is -0.496 e. The van der Waals surface area contributed by atoms with Gasteiger partial charge in [-0.3, -0.25) is 4.79 Å². The van der Waals surface area contributed by atoms with Crippen LogP contribution >= 0.6 is 0 Å². The van der Waals surface area contributed by atoms with E-state index in [0.29, 0.717) is 32.8 Å². The second-order valence-corrected chi connectivity index (χ2v) is 6.55. The van der Waals surface area contributed by atoms with Crippen LogP contribution in [0.25, 0.3) is 0 Å². The quantitative estimate of drug-likeness (QED) is 0.383. The van der Waals surface area contributed by atoms with Crippen molar-refractivity contribution in [3.63, 3.8) is 0 Å². The molecule has 0 fully saturated rings. The predicted molar refractivity (Wildman–Crippen MR) is 114 cm³/mol. The van der Waals surface area contributed by atoms with Gasteiger partial charge in [0.2, 0.25) is 6.41 Å². The van der Waals surface area contributed by atoms with Gasteiger partial charge in [0, 0.05) is 37.2 Å². The number of nitrogens with one attached hydrogen (secondary N) is 1. The van der Waals surface area contributed by atoms with E-state index in [1.54, 1.807) is 12.0 Å². The first-order chi connectivity index (χ1) is 14.3. The van der Waals surface area contributed by atoms with Gasteiger partial charge in [0.1, 0.15) is 11.5 Å². The highest BCUT2D eigenvalue weighted by Gasteiger charge is 2.08. The highest BCUT2D eigenvalue weighted by Crippen LogP contribution is 2.18. The molecule has 0 spiro atoms. The van der Waals surface area contributed by atoms with Crippen LogP contribution < -0.4 is 10.1 Å². The van der Waals surface area contributed by atoms with Gasteiger partial charge in [-0.25, -0.2) is 0 Å². The summed E-state index contributed by atoms with van der Waals surface area (Å²) in [5, 5.41) is 3.23. The molecule has 0 atom stereocenters. The molecule has 0 aliphatic heterocycles. The minimum absolute atomic E-state index is 0.521. The summed E-state index contributed by atoms with van der Waals surface area (Å²) in [6, 6.07) is 7.85. The molecule has 2 rings (SSSR count). The third-order valence-electron chi connectivity index (χ3n) is 4.48. The number of benzene rings is 1. The van der Waals surface area contributed by atoms with Crippen molar-refractivity contribution in [3.8, 4) is 5.75 Å². The van der Waals surface area contributed by atoms with Gasteiger partial charge < -0.3 is 24.4 Å². The van der Waals surface area contributed by atoms with Crippen LogP contribution in [0.4, 0.5) is 0 Å². The van der Waals surface area contributed by atoms with E-state index in [4.69, 9.17) is 14.2 Å². The lowest BCUT2D eigenvalue weighted by Crippen LogP contribution is -2.30. The van der Waals surface area contributed by atoms with Crippen molar-refractivity contribution < 1.29 is 19.0 Å². The van der Waals surface area contributed by atoms with Crippen LogP contribution in [0.5, 0.6) is 5.75 Å². The number of hydrogen-bond donors (Lipinski definition) is 1. The first kappa shape index (κ1) is 22.7. The zero-order chi connectivity index (χ0) is 20.7. The molecule has 0 bridgehead atoms. The van der Waals surface area contributed by atoms with Crippen LogP contribution in [-0.4, -0.2) is 51.3 Å². The maximum Gasteiger partial charge on any atom is 0.213 e. The van der Waals surface area contributed by atoms with E-state index in [2.05, 4.69) is 12.2 Å². The van der Waals surface area contributed by atoms with E-state index in [9.17, 15) is 4.79 Å². The van der Waals surface area contributed by atoms with E-state index in [1.165, 1.54) is 0 Å². The van der Waals surface area contributed by atoms with E-state index in [1.807, 2.05) is 48.6 Å². The molecule has 0 saturated carbocycles. The fraction of sp³-hybridized carbons (Fsp3) is 0.435. The molecular formula is C23H32N2O4. The van der Waals surface area contributed by atoms with E-state index >= 15 is 0 Å². The van der Waals surface area contributed by atoms with Crippen molar-refractivity contribution in [2.45, 2.75) is 26.4 Å². The van der Waals surface area contributed by atoms with Crippen molar-refractivity contribution in [1.82, 2.24) is 10.2 Å². The van der Waals surface area contributed by atoms with Crippen molar-refractivity contribution in [1.29, 1.82) is 0 Å². The topological polar surface area (TPSA) is 60.0 Å². The van der Waals surface area contributed by atoms with Gasteiger partial charge in [0.05, 0.1) is 26.9 Å². The molecule has 0 heterocycles. The molecule has 6 heteroatoms. The summed E-state index contributed by atoms with van der Waals surface area (Å²) in [7, 11) is 1.66. The Balaban J connectivity index is 1.71. The number of carbonyl (C=O) groups excluding carboxylic acids is 1. The summed E-state index contributed by atoms with van der Waals surface area (Å²) in [5.74, 6) is 1.64. The van der Waals surface area contributed by atoms with Crippen molar-refractivity contribution >= 4 is 6.41 Å². The van der Waals surface area contributed by atoms with Gasteiger partial charge in [0.15, 0.2) is 0 Å². The average molecular weight is 401 g/mol. The molecule has 29 heavy (non-hydrogen) atoms. The van der Waals surface area contributed by atoms with E-state index in [0.717, 1.165) is 48.7 Å². The number of likely N-dealkylation sites (N-methyl/N-ethyl adjacent to an activating group) is 1. The maximum absolute atomic E-state index is 11.4. The van der Waals surface area contributed by atoms with Gasteiger partial charge in [-0.1, -0.05) is 31.2 Å². The van der Waals surface area contributed by atoms with Crippen molar-refractivity contribution in [3.05, 3.63) is 65.6 Å². The van der Waals surface area contributed by atoms with E-state index in [-0.39, 0.29) is 0 Å². The fourth-order valence-corrected chi connectivity index (χ4v) is 2.90. The predicted octanol–water partition coefficient (Wildman–Crippen LogP) is 3.41. The van der Waals surface area contributed by atoms with Crippen LogP contribution in [0.1, 0.15) is 25.3 Å². The Labute approximate surface area is 173 Å². The molecule has 1 aromatic carbocycles. The molecule has 1 aliphatic carbocycles. The second-order valence-electron chi connectivity index (χ2n) is 6.55.